The number of rotatable bonds is 68. The number of amides is 12. The van der Waals surface area contributed by atoms with E-state index in [0.29, 0.717) is 17.5 Å². The predicted octanol–water partition coefficient (Wildman–Crippen LogP) is -1.02. The van der Waals surface area contributed by atoms with Gasteiger partial charge in [0.15, 0.2) is 17.9 Å². The molecule has 0 aromatic heterocycles. The lowest BCUT2D eigenvalue weighted by Crippen LogP contribution is -2.61. The quantitative estimate of drug-likeness (QED) is 0.0214. The van der Waals surface area contributed by atoms with Crippen molar-refractivity contribution in [2.45, 2.75) is 273 Å². The lowest BCUT2D eigenvalue weighted by Gasteiger charge is -2.28. The fourth-order valence-electron chi connectivity index (χ4n) is 12.9. The average Bonchev–Trinajstić information content (AvgIpc) is 0.855. The molecule has 0 fully saturated rings. The van der Waals surface area contributed by atoms with Crippen LogP contribution < -0.4 is 97.0 Å². The van der Waals surface area contributed by atoms with Gasteiger partial charge in [0, 0.05) is 51.7 Å². The minimum Gasteiger partial charge on any atom is -0.508 e. The van der Waals surface area contributed by atoms with Crippen LogP contribution in [0.2, 0.25) is 0 Å². The number of phenols is 1. The van der Waals surface area contributed by atoms with E-state index in [9.17, 15) is 107 Å². The van der Waals surface area contributed by atoms with Crippen LogP contribution in [0.15, 0.2) is 54.6 Å². The molecule has 0 aliphatic heterocycles. The van der Waals surface area contributed by atoms with Crippen LogP contribution in [0.5, 0.6) is 5.75 Å². The number of hydrogen-bond donors (Lipinski definition) is 27. The lowest BCUT2D eigenvalue weighted by molar-refractivity contribution is -0.143. The number of aliphatic carboxylic acids is 4. The van der Waals surface area contributed by atoms with Gasteiger partial charge in [-0.25, -0.2) is 4.79 Å². The molecule has 43 nitrogen and oxygen atoms in total. The number of nitrogens with two attached hydrogens (primary N) is 3. The number of phenolic OH excluding ortho intramolecular Hbond substituents is 1. The van der Waals surface area contributed by atoms with E-state index in [1.807, 2.05) is 0 Å². The van der Waals surface area contributed by atoms with Gasteiger partial charge in [0.05, 0.1) is 19.6 Å². The summed E-state index contributed by atoms with van der Waals surface area (Å²) in [4.78, 5) is 218. The number of nitrogens with one attached hydrogen (secondary N) is 18. The molecule has 2 rings (SSSR count). The predicted molar refractivity (Wildman–Crippen MR) is 467 cm³/mol. The van der Waals surface area contributed by atoms with Crippen molar-refractivity contribution in [2.24, 2.45) is 23.1 Å². The fourth-order valence-corrected chi connectivity index (χ4v) is 13.4. The van der Waals surface area contributed by atoms with Crippen LogP contribution in [0.4, 0.5) is 0 Å². The fraction of sp³-hybridized carbons (Fsp3) is 0.622. The Balaban J connectivity index is 2.50. The van der Waals surface area contributed by atoms with Gasteiger partial charge in [0.2, 0.25) is 70.9 Å². The van der Waals surface area contributed by atoms with E-state index in [1.165, 1.54) is 68.8 Å². The van der Waals surface area contributed by atoms with Gasteiger partial charge < -0.3 is 128 Å². The van der Waals surface area contributed by atoms with Crippen molar-refractivity contribution >= 4 is 124 Å². The van der Waals surface area contributed by atoms with Crippen LogP contribution in [-0.2, 0) is 89.6 Å². The standard InChI is InChI=1S/C82H133N21O22S/c1-5-6-7-8-9-10-11-12-13-14-15-16-20-29-64(106)94-60(44-51-30-32-52(105)33-31-51)69(114)92-47-65(107)93-53(26-21-39-89-80(83)84)70(115)97-56(34-36-66(108)109)73(118)100-59(43-49(2)3)76(121)96-55(28-23-41-91-82(87)88)71(116)95-54(27-22-40-90-81(85)86)72(117)99-58(38-42-126-4)75(120)103-63(48-104)78(123)101-61(46-68(112)113)77(122)98-57(35-37-67(110)111)74(119)102-62(79(124)125)45-50-24-18-17-19-25-50/h17-19,24-25,30-33,49,53-63,104-105H,5-16,20-23,26-29,34-48H2,1-4H3,(H,92,114)(H,93,107)(H,94,106)(H,95,116)(H,96,121)(H,97,115)(H,98,122)(H,99,117)(H,100,118)(H,101,123)(H,102,119)(H,103,120)(H,108,109)(H,110,111)(H,112,113)(H,124,125)(H4,83,84,89)(H4,85,86,90)(H4,87,88,91)/t53-,54-,55-,56-,57-,58-,59-,60-,61-,62-,63-/m0/s1. The summed E-state index contributed by atoms with van der Waals surface area (Å²) in [5.74, 6) is -20.4. The summed E-state index contributed by atoms with van der Waals surface area (Å²) in [6.07, 6.45) is 10.5. The summed E-state index contributed by atoms with van der Waals surface area (Å²) >= 11 is 1.19. The Hall–Kier alpha value is -12.1. The number of guanidine groups is 3. The number of thioether (sulfide) groups is 1. The van der Waals surface area contributed by atoms with Crippen molar-refractivity contribution in [1.29, 1.82) is 16.2 Å². The van der Waals surface area contributed by atoms with Gasteiger partial charge in [0.1, 0.15) is 72.2 Å². The van der Waals surface area contributed by atoms with E-state index >= 15 is 0 Å². The molecule has 0 heterocycles. The average molecular weight is 1800 g/mol. The molecule has 0 radical (unpaired) electrons. The van der Waals surface area contributed by atoms with Crippen LogP contribution in [0.1, 0.15) is 205 Å². The Morgan fingerprint density at radius 3 is 1.12 bits per heavy atom. The minimum atomic E-state index is -2.12. The largest absolute Gasteiger partial charge is 0.508 e. The molecule has 704 valence electrons. The number of unbranched alkanes of at least 4 members (excludes halogenated alkanes) is 12. The Morgan fingerprint density at radius 1 is 0.365 bits per heavy atom. The van der Waals surface area contributed by atoms with Crippen molar-refractivity contribution in [2.75, 3.05) is 44.8 Å². The number of carbonyl (C=O) groups excluding carboxylic acids is 12. The van der Waals surface area contributed by atoms with Crippen LogP contribution in [-0.4, -0.2) is 255 Å². The van der Waals surface area contributed by atoms with Gasteiger partial charge in [-0.2, -0.15) is 11.8 Å². The summed E-state index contributed by atoms with van der Waals surface area (Å²) in [6.45, 7) is 3.39. The molecule has 2 aromatic carbocycles. The molecule has 0 unspecified atom stereocenters. The van der Waals surface area contributed by atoms with Crippen LogP contribution in [0, 0.1) is 22.1 Å². The highest BCUT2D eigenvalue weighted by Crippen LogP contribution is 2.18. The zero-order valence-electron chi connectivity index (χ0n) is 72.2. The number of carbonyl (C=O) groups is 16. The number of benzene rings is 2. The van der Waals surface area contributed by atoms with Crippen molar-refractivity contribution in [3.63, 3.8) is 0 Å². The monoisotopic (exact) mass is 1800 g/mol. The van der Waals surface area contributed by atoms with Crippen molar-refractivity contribution in [1.82, 2.24) is 79.8 Å². The molecule has 44 heteroatoms. The summed E-state index contributed by atoms with van der Waals surface area (Å²) in [7, 11) is 0. The first-order chi connectivity index (χ1) is 59.9. The normalized spacial score (nSPS) is 13.6. The minimum absolute atomic E-state index is 0.00516. The summed E-state index contributed by atoms with van der Waals surface area (Å²) < 4.78 is 0. The van der Waals surface area contributed by atoms with Gasteiger partial charge in [-0.1, -0.05) is 140 Å². The van der Waals surface area contributed by atoms with Gasteiger partial charge >= 0.3 is 23.9 Å². The molecule has 0 spiro atoms. The highest BCUT2D eigenvalue weighted by Gasteiger charge is 2.38. The third-order valence-corrected chi connectivity index (χ3v) is 20.3. The van der Waals surface area contributed by atoms with E-state index < -0.39 is 230 Å². The van der Waals surface area contributed by atoms with Gasteiger partial charge in [0.25, 0.3) is 0 Å². The van der Waals surface area contributed by atoms with Crippen LogP contribution in [0.25, 0.3) is 0 Å². The molecular weight excluding hydrogens is 1660 g/mol. The topological polar surface area (TPSA) is 725 Å². The molecule has 0 saturated carbocycles. The van der Waals surface area contributed by atoms with Crippen molar-refractivity contribution in [3.05, 3.63) is 65.7 Å². The van der Waals surface area contributed by atoms with Crippen molar-refractivity contribution in [3.8, 4) is 5.75 Å². The molecule has 30 N–H and O–H groups in total. The maximum absolute atomic E-state index is 14.8. The second-order valence-corrected chi connectivity index (χ2v) is 31.9. The number of aromatic hydroxyl groups is 1. The number of hydrogen-bond acceptors (Lipinski definition) is 22. The first-order valence-electron chi connectivity index (χ1n) is 42.5. The Bertz CT molecular complexity index is 3850. The first kappa shape index (κ1) is 110. The van der Waals surface area contributed by atoms with E-state index in [-0.39, 0.29) is 102 Å². The zero-order chi connectivity index (χ0) is 94.1. The SMILES string of the molecule is CCCCCCCCCCCCCCCC(=O)N[C@@H](Cc1ccc(O)cc1)C(=O)NCC(=O)N[C@@H](CCCNC(=N)N)C(=O)N[C@@H](CCC(=O)O)C(=O)N[C@@H](CC(C)C)C(=O)N[C@@H](CCCNC(=N)N)C(=O)N[C@@H](CCCNC(=N)N)C(=O)N[C@@H](CCSC)C(=O)N[C@@H](CO)C(=O)N[C@@H](CC(=O)O)C(=O)N[C@@H](CCC(=O)O)C(=O)N[C@@H](Cc1ccccc1)C(=O)O. The van der Waals surface area contributed by atoms with Gasteiger partial charge in [-0.3, -0.25) is 88.1 Å². The molecule has 0 aliphatic rings. The van der Waals surface area contributed by atoms with E-state index in [2.05, 4.69) is 86.7 Å². The number of aliphatic hydroxyl groups is 1. The van der Waals surface area contributed by atoms with E-state index in [0.717, 1.165) is 32.1 Å². The molecule has 11 atom stereocenters. The summed E-state index contributed by atoms with van der Waals surface area (Å²) in [5.41, 5.74) is 17.6. The highest BCUT2D eigenvalue weighted by molar-refractivity contribution is 7.98. The first-order valence-corrected chi connectivity index (χ1v) is 43.9. The molecule has 0 bridgehead atoms. The van der Waals surface area contributed by atoms with Crippen LogP contribution in [0.3, 0.4) is 0 Å². The highest BCUT2D eigenvalue weighted by atomic mass is 32.2. The molecule has 2 aromatic rings. The maximum Gasteiger partial charge on any atom is 0.326 e. The second kappa shape index (κ2) is 62.9. The lowest BCUT2D eigenvalue weighted by atomic mass is 10.0. The Labute approximate surface area is 737 Å². The van der Waals surface area contributed by atoms with Gasteiger partial charge in [-0.15, -0.1) is 0 Å². The van der Waals surface area contributed by atoms with Crippen LogP contribution >= 0.6 is 11.8 Å². The van der Waals surface area contributed by atoms with E-state index in [1.54, 1.807) is 62.6 Å². The molecule has 12 amide bonds. The van der Waals surface area contributed by atoms with Gasteiger partial charge in [-0.05, 0) is 112 Å². The van der Waals surface area contributed by atoms with E-state index in [4.69, 9.17) is 33.4 Å². The third kappa shape index (κ3) is 49.4. The molecule has 0 aliphatic carbocycles. The smallest absolute Gasteiger partial charge is 0.326 e. The second-order valence-electron chi connectivity index (χ2n) is 30.9. The number of aliphatic hydroxyl groups excluding tert-OH is 1. The van der Waals surface area contributed by atoms with Crippen molar-refractivity contribution < 1.29 is 107 Å². The zero-order valence-corrected chi connectivity index (χ0v) is 73.0. The molecular formula is C82H133N21O22S. The number of carboxylic acids is 4. The molecule has 0 saturated heterocycles. The maximum atomic E-state index is 14.8. The Morgan fingerprint density at radius 2 is 0.714 bits per heavy atom. The summed E-state index contributed by atoms with van der Waals surface area (Å²) in [5, 5.41) is 120. The third-order valence-electron chi connectivity index (χ3n) is 19.7. The Kier molecular flexibility index (Phi) is 54.9. The number of carboxylic acid groups (broad SMARTS) is 4. The summed E-state index contributed by atoms with van der Waals surface area (Å²) in [6, 6.07) is -4.63. The molecule has 126 heavy (non-hydrogen) atoms.